The Balaban J connectivity index is 2.08. The van der Waals surface area contributed by atoms with Gasteiger partial charge < -0.3 is 15.4 Å². The third kappa shape index (κ3) is 5.13. The van der Waals surface area contributed by atoms with Crippen LogP contribution in [0.15, 0.2) is 36.5 Å². The van der Waals surface area contributed by atoms with Crippen molar-refractivity contribution < 1.29 is 9.53 Å². The van der Waals surface area contributed by atoms with Crippen LogP contribution in [0.4, 0.5) is 11.5 Å². The van der Waals surface area contributed by atoms with Crippen LogP contribution in [0.3, 0.4) is 0 Å². The van der Waals surface area contributed by atoms with E-state index in [-0.39, 0.29) is 5.91 Å². The summed E-state index contributed by atoms with van der Waals surface area (Å²) in [4.78, 5) is 16.7. The van der Waals surface area contributed by atoms with Gasteiger partial charge >= 0.3 is 0 Å². The number of nitrogens with zero attached hydrogens (tertiary/aromatic N) is 1. The number of ether oxygens (including phenoxy) is 1. The Morgan fingerprint density at radius 2 is 2.08 bits per heavy atom. The minimum Gasteiger partial charge on any atom is -0.495 e. The lowest BCUT2D eigenvalue weighted by Crippen LogP contribution is -2.14. The van der Waals surface area contributed by atoms with Crippen molar-refractivity contribution in [1.29, 1.82) is 0 Å². The van der Waals surface area contributed by atoms with E-state index in [2.05, 4.69) is 29.5 Å². The lowest BCUT2D eigenvalue weighted by Gasteiger charge is -2.12. The number of hydrogen-bond donors (Lipinski definition) is 2. The van der Waals surface area contributed by atoms with Gasteiger partial charge in [0.05, 0.1) is 12.8 Å². The van der Waals surface area contributed by atoms with Crippen LogP contribution >= 0.6 is 11.6 Å². The first-order valence-corrected chi connectivity index (χ1v) is 8.22. The molecule has 0 aliphatic rings. The summed E-state index contributed by atoms with van der Waals surface area (Å²) in [5.41, 5.74) is 1.04. The maximum atomic E-state index is 12.5. The molecule has 0 saturated heterocycles. The van der Waals surface area contributed by atoms with Gasteiger partial charge in [-0.1, -0.05) is 25.4 Å². The molecule has 0 unspecified atom stereocenters. The molecular weight excluding hydrogens is 326 g/mol. The lowest BCUT2D eigenvalue weighted by atomic mass is 10.1. The Kier molecular flexibility index (Phi) is 6.44. The molecule has 6 heteroatoms. The zero-order valence-corrected chi connectivity index (χ0v) is 14.9. The van der Waals surface area contributed by atoms with Gasteiger partial charge in [0.1, 0.15) is 11.6 Å². The van der Waals surface area contributed by atoms with Gasteiger partial charge in [0, 0.05) is 23.3 Å². The van der Waals surface area contributed by atoms with Crippen molar-refractivity contribution in [2.75, 3.05) is 24.3 Å². The summed E-state index contributed by atoms with van der Waals surface area (Å²) in [5.74, 6) is 1.60. The molecule has 128 valence electrons. The maximum Gasteiger partial charge on any atom is 0.255 e. The zero-order chi connectivity index (χ0) is 17.5. The number of benzene rings is 1. The van der Waals surface area contributed by atoms with Crippen LogP contribution in [0.5, 0.6) is 5.75 Å². The summed E-state index contributed by atoms with van der Waals surface area (Å²) in [6, 6.07) is 8.47. The summed E-state index contributed by atoms with van der Waals surface area (Å²) < 4.78 is 5.24. The highest BCUT2D eigenvalue weighted by Gasteiger charge is 2.11. The molecule has 0 atom stereocenters. The molecule has 0 fully saturated rings. The van der Waals surface area contributed by atoms with E-state index in [9.17, 15) is 4.79 Å². The predicted octanol–water partition coefficient (Wildman–Crippen LogP) is 4.45. The second-order valence-electron chi connectivity index (χ2n) is 5.84. The fraction of sp³-hybridized carbons (Fsp3) is 0.333. The van der Waals surface area contributed by atoms with E-state index in [0.717, 1.165) is 13.0 Å². The van der Waals surface area contributed by atoms with Crippen LogP contribution < -0.4 is 15.4 Å². The average Bonchev–Trinajstić information content (AvgIpc) is 2.55. The average molecular weight is 348 g/mol. The van der Waals surface area contributed by atoms with Crippen LogP contribution in [-0.2, 0) is 0 Å². The van der Waals surface area contributed by atoms with Gasteiger partial charge in [0.15, 0.2) is 0 Å². The SMILES string of the molecule is COc1ccc(Cl)cc1NC(=O)c1ccnc(NCCC(C)C)c1. The molecule has 2 rings (SSSR count). The molecule has 0 bridgehead atoms. The standard InChI is InChI=1S/C18H22ClN3O2/c1-12(2)6-8-20-17-10-13(7-9-21-17)18(23)22-15-11-14(19)4-5-16(15)24-3/h4-5,7,9-12H,6,8H2,1-3H3,(H,20,21)(H,22,23). The third-order valence-electron chi connectivity index (χ3n) is 3.46. The number of aromatic nitrogens is 1. The minimum absolute atomic E-state index is 0.245. The molecule has 0 saturated carbocycles. The first kappa shape index (κ1) is 18.1. The van der Waals surface area contributed by atoms with Gasteiger partial charge in [-0.25, -0.2) is 4.98 Å². The van der Waals surface area contributed by atoms with Crippen LogP contribution in [0.2, 0.25) is 5.02 Å². The Labute approximate surface area is 147 Å². The fourth-order valence-corrected chi connectivity index (χ4v) is 2.30. The number of carbonyl (C=O) groups is 1. The summed E-state index contributed by atoms with van der Waals surface area (Å²) >= 11 is 5.98. The predicted molar refractivity (Wildman–Crippen MR) is 98.1 cm³/mol. The Bertz CT molecular complexity index is 704. The summed E-state index contributed by atoms with van der Waals surface area (Å²) in [6.07, 6.45) is 2.65. The third-order valence-corrected chi connectivity index (χ3v) is 3.69. The number of carbonyl (C=O) groups excluding carboxylic acids is 1. The van der Waals surface area contributed by atoms with Gasteiger partial charge in [-0.3, -0.25) is 4.79 Å². The molecule has 1 aromatic carbocycles. The first-order valence-electron chi connectivity index (χ1n) is 7.84. The van der Waals surface area contributed by atoms with E-state index in [4.69, 9.17) is 16.3 Å². The first-order chi connectivity index (χ1) is 11.5. The summed E-state index contributed by atoms with van der Waals surface area (Å²) in [7, 11) is 1.54. The highest BCUT2D eigenvalue weighted by molar-refractivity contribution is 6.31. The molecule has 1 amide bonds. The van der Waals surface area contributed by atoms with Gasteiger partial charge in [-0.2, -0.15) is 0 Å². The van der Waals surface area contributed by atoms with E-state index in [1.807, 2.05) is 0 Å². The Morgan fingerprint density at radius 1 is 1.29 bits per heavy atom. The Hall–Kier alpha value is -2.27. The van der Waals surface area contributed by atoms with E-state index >= 15 is 0 Å². The highest BCUT2D eigenvalue weighted by Crippen LogP contribution is 2.28. The molecule has 0 spiro atoms. The molecule has 0 aliphatic carbocycles. The maximum absolute atomic E-state index is 12.5. The van der Waals surface area contributed by atoms with Crippen molar-refractivity contribution in [3.63, 3.8) is 0 Å². The number of anilines is 2. The minimum atomic E-state index is -0.245. The van der Waals surface area contributed by atoms with E-state index < -0.39 is 0 Å². The van der Waals surface area contributed by atoms with Gasteiger partial charge in [0.2, 0.25) is 0 Å². The summed E-state index contributed by atoms with van der Waals surface area (Å²) in [6.45, 7) is 5.15. The second-order valence-corrected chi connectivity index (χ2v) is 6.27. The van der Waals surface area contributed by atoms with E-state index in [0.29, 0.717) is 33.8 Å². The van der Waals surface area contributed by atoms with E-state index in [1.54, 1.807) is 43.6 Å². The Morgan fingerprint density at radius 3 is 2.79 bits per heavy atom. The molecule has 2 aromatic rings. The highest BCUT2D eigenvalue weighted by atomic mass is 35.5. The van der Waals surface area contributed by atoms with Crippen LogP contribution in [-0.4, -0.2) is 24.5 Å². The van der Waals surface area contributed by atoms with Gasteiger partial charge in [-0.05, 0) is 42.7 Å². The number of rotatable bonds is 7. The fourth-order valence-electron chi connectivity index (χ4n) is 2.13. The van der Waals surface area contributed by atoms with Crippen molar-refractivity contribution >= 4 is 29.0 Å². The van der Waals surface area contributed by atoms with Crippen LogP contribution in [0.1, 0.15) is 30.6 Å². The number of halogens is 1. The molecular formula is C18H22ClN3O2. The van der Waals surface area contributed by atoms with Crippen molar-refractivity contribution in [3.8, 4) is 5.75 Å². The number of amides is 1. The molecule has 24 heavy (non-hydrogen) atoms. The quantitative estimate of drug-likeness (QED) is 0.776. The topological polar surface area (TPSA) is 63.2 Å². The van der Waals surface area contributed by atoms with Crippen molar-refractivity contribution in [3.05, 3.63) is 47.1 Å². The molecule has 0 radical (unpaired) electrons. The van der Waals surface area contributed by atoms with Gasteiger partial charge in [0.25, 0.3) is 5.91 Å². The van der Waals surface area contributed by atoms with Gasteiger partial charge in [-0.15, -0.1) is 0 Å². The van der Waals surface area contributed by atoms with Crippen LogP contribution in [0.25, 0.3) is 0 Å². The van der Waals surface area contributed by atoms with Crippen molar-refractivity contribution in [2.24, 2.45) is 5.92 Å². The van der Waals surface area contributed by atoms with Crippen LogP contribution in [0, 0.1) is 5.92 Å². The molecule has 0 aliphatic heterocycles. The number of hydrogen-bond acceptors (Lipinski definition) is 4. The lowest BCUT2D eigenvalue weighted by molar-refractivity contribution is 0.102. The number of pyridine rings is 1. The molecule has 1 heterocycles. The summed E-state index contributed by atoms with van der Waals surface area (Å²) in [5, 5.41) is 6.57. The van der Waals surface area contributed by atoms with E-state index in [1.165, 1.54) is 0 Å². The molecule has 5 nitrogen and oxygen atoms in total. The smallest absolute Gasteiger partial charge is 0.255 e. The second kappa shape index (κ2) is 8.55. The monoisotopic (exact) mass is 347 g/mol. The normalized spacial score (nSPS) is 10.5. The van der Waals surface area contributed by atoms with Crippen molar-refractivity contribution in [2.45, 2.75) is 20.3 Å². The number of methoxy groups -OCH3 is 1. The molecule has 1 aromatic heterocycles. The van der Waals surface area contributed by atoms with Crippen molar-refractivity contribution in [1.82, 2.24) is 4.98 Å². The largest absolute Gasteiger partial charge is 0.495 e. The molecule has 2 N–H and O–H groups in total. The number of nitrogens with one attached hydrogen (secondary N) is 2. The zero-order valence-electron chi connectivity index (χ0n) is 14.1.